The smallest absolute Gasteiger partial charge is 0.211 e. The lowest BCUT2D eigenvalue weighted by Gasteiger charge is -1.93. The van der Waals surface area contributed by atoms with Crippen molar-refractivity contribution < 1.29 is 22.1 Å². The molecule has 0 radical (unpaired) electrons. The minimum Gasteiger partial charge on any atom is -1.00 e. The van der Waals surface area contributed by atoms with E-state index >= 15 is 0 Å². The molecular formula is C8H9BrClNO. The third kappa shape index (κ3) is 3.74. The summed E-state index contributed by atoms with van der Waals surface area (Å²) in [4.78, 5) is 0. The lowest BCUT2D eigenvalue weighted by atomic mass is 10.4. The van der Waals surface area contributed by atoms with Gasteiger partial charge in [-0.15, -0.1) is 0 Å². The van der Waals surface area contributed by atoms with Gasteiger partial charge < -0.3 is 17.5 Å². The van der Waals surface area contributed by atoms with E-state index in [4.69, 9.17) is 5.11 Å². The average Bonchev–Trinajstić information content (AvgIpc) is 1.85. The Hall–Kier alpha value is -0.540. The Balaban J connectivity index is 0.00000121. The lowest BCUT2D eigenvalue weighted by molar-refractivity contribution is -0.687. The molecule has 0 saturated heterocycles. The van der Waals surface area contributed by atoms with Crippen molar-refractivity contribution >= 4 is 15.9 Å². The quantitative estimate of drug-likeness (QED) is 0.641. The molecule has 2 nitrogen and oxygen atoms in total. The van der Waals surface area contributed by atoms with Crippen LogP contribution in [0.3, 0.4) is 0 Å². The Bertz CT molecular complexity index is 278. The highest BCUT2D eigenvalue weighted by Crippen LogP contribution is 2.03. The van der Waals surface area contributed by atoms with Crippen LogP contribution in [0.1, 0.15) is 0 Å². The van der Waals surface area contributed by atoms with Gasteiger partial charge >= 0.3 is 0 Å². The molecule has 0 spiro atoms. The van der Waals surface area contributed by atoms with Crippen molar-refractivity contribution in [3.8, 4) is 5.75 Å². The average molecular weight is 251 g/mol. The van der Waals surface area contributed by atoms with Gasteiger partial charge in [0.15, 0.2) is 18.5 Å². The number of aromatic hydroxyl groups is 1. The summed E-state index contributed by atoms with van der Waals surface area (Å²) in [6.45, 7) is 4.37. The summed E-state index contributed by atoms with van der Waals surface area (Å²) in [5, 5.41) is 9.06. The van der Waals surface area contributed by atoms with Crippen molar-refractivity contribution in [1.82, 2.24) is 0 Å². The van der Waals surface area contributed by atoms with Gasteiger partial charge in [-0.25, -0.2) is 0 Å². The Morgan fingerprint density at radius 1 is 1.67 bits per heavy atom. The predicted molar refractivity (Wildman–Crippen MR) is 46.4 cm³/mol. The fourth-order valence-electron chi connectivity index (χ4n) is 0.805. The van der Waals surface area contributed by atoms with E-state index in [1.807, 2.05) is 10.8 Å². The first-order valence-corrected chi connectivity index (χ1v) is 3.99. The van der Waals surface area contributed by atoms with Gasteiger partial charge in [0.05, 0.1) is 4.48 Å². The number of allylic oxidation sites excluding steroid dienone is 1. The van der Waals surface area contributed by atoms with Crippen LogP contribution in [0.5, 0.6) is 5.75 Å². The number of hydrogen-bond acceptors (Lipinski definition) is 1. The zero-order chi connectivity index (χ0) is 8.27. The molecular weight excluding hydrogens is 241 g/mol. The molecule has 12 heavy (non-hydrogen) atoms. The maximum Gasteiger partial charge on any atom is 0.211 e. The van der Waals surface area contributed by atoms with Gasteiger partial charge in [-0.1, -0.05) is 6.58 Å². The monoisotopic (exact) mass is 249 g/mol. The second kappa shape index (κ2) is 5.17. The molecule has 0 atom stereocenters. The zero-order valence-corrected chi connectivity index (χ0v) is 8.72. The van der Waals surface area contributed by atoms with Crippen molar-refractivity contribution in [3.05, 3.63) is 35.6 Å². The molecule has 0 saturated carbocycles. The van der Waals surface area contributed by atoms with Gasteiger partial charge in [0.1, 0.15) is 0 Å². The molecule has 0 aliphatic rings. The second-order valence-electron chi connectivity index (χ2n) is 2.25. The van der Waals surface area contributed by atoms with Crippen molar-refractivity contribution in [2.24, 2.45) is 0 Å². The van der Waals surface area contributed by atoms with E-state index in [9.17, 15) is 0 Å². The van der Waals surface area contributed by atoms with Gasteiger partial charge in [0, 0.05) is 6.07 Å². The Labute approximate surface area is 86.1 Å². The normalized spacial score (nSPS) is 8.75. The first kappa shape index (κ1) is 11.5. The first-order chi connectivity index (χ1) is 5.18. The van der Waals surface area contributed by atoms with E-state index in [0.717, 1.165) is 4.48 Å². The van der Waals surface area contributed by atoms with Crippen molar-refractivity contribution in [1.29, 1.82) is 0 Å². The van der Waals surface area contributed by atoms with Crippen LogP contribution in [0.15, 0.2) is 35.6 Å². The van der Waals surface area contributed by atoms with Crippen LogP contribution in [-0.4, -0.2) is 5.11 Å². The molecule has 1 aromatic heterocycles. The van der Waals surface area contributed by atoms with Crippen molar-refractivity contribution in [2.45, 2.75) is 6.54 Å². The number of rotatable bonds is 2. The summed E-state index contributed by atoms with van der Waals surface area (Å²) in [5.41, 5.74) is 0. The Kier molecular flexibility index (Phi) is 4.93. The molecule has 66 valence electrons. The van der Waals surface area contributed by atoms with Crippen LogP contribution in [-0.2, 0) is 6.54 Å². The van der Waals surface area contributed by atoms with Gasteiger partial charge in [-0.05, 0) is 22.0 Å². The van der Waals surface area contributed by atoms with Crippen LogP contribution >= 0.6 is 15.9 Å². The van der Waals surface area contributed by atoms with Crippen molar-refractivity contribution in [3.63, 3.8) is 0 Å². The summed E-state index contributed by atoms with van der Waals surface area (Å²) in [5.74, 6) is 0.265. The standard InChI is InChI=1S/C8H8BrNO.ClH/c1-7(9)5-10-4-2-3-8(11)6-10;/h2-4,6H,1,5H2;1H. The molecule has 0 aromatic carbocycles. The third-order valence-electron chi connectivity index (χ3n) is 1.20. The van der Waals surface area contributed by atoms with Crippen LogP contribution in [0.25, 0.3) is 0 Å². The van der Waals surface area contributed by atoms with Crippen LogP contribution in [0.2, 0.25) is 0 Å². The second-order valence-corrected chi connectivity index (χ2v) is 3.37. The van der Waals surface area contributed by atoms with E-state index in [1.165, 1.54) is 0 Å². The fourth-order valence-corrected chi connectivity index (χ4v) is 1.09. The number of nitrogens with zero attached hydrogens (tertiary/aromatic N) is 1. The number of pyridine rings is 1. The molecule has 1 N–H and O–H groups in total. The maximum atomic E-state index is 9.06. The van der Waals surface area contributed by atoms with Gasteiger partial charge in [-0.2, -0.15) is 4.57 Å². The minimum atomic E-state index is 0. The topological polar surface area (TPSA) is 24.1 Å². The van der Waals surface area contributed by atoms with E-state index in [0.29, 0.717) is 6.54 Å². The molecule has 0 unspecified atom stereocenters. The summed E-state index contributed by atoms with van der Waals surface area (Å²) in [6, 6.07) is 3.42. The molecule has 1 heterocycles. The number of hydrogen-bond donors (Lipinski definition) is 1. The first-order valence-electron chi connectivity index (χ1n) is 3.20. The van der Waals surface area contributed by atoms with Crippen LogP contribution < -0.4 is 17.0 Å². The molecule has 0 aliphatic heterocycles. The molecule has 0 bridgehead atoms. The Morgan fingerprint density at radius 3 is 2.83 bits per heavy atom. The summed E-state index contributed by atoms with van der Waals surface area (Å²) in [7, 11) is 0. The Morgan fingerprint density at radius 2 is 2.33 bits per heavy atom. The maximum absolute atomic E-state index is 9.06. The molecule has 0 fully saturated rings. The van der Waals surface area contributed by atoms with Gasteiger partial charge in [0.25, 0.3) is 0 Å². The molecule has 1 rings (SSSR count). The molecule has 0 amide bonds. The lowest BCUT2D eigenvalue weighted by Crippen LogP contribution is -3.00. The molecule has 0 aliphatic carbocycles. The van der Waals surface area contributed by atoms with Gasteiger partial charge in [0.2, 0.25) is 6.20 Å². The predicted octanol–water partition coefficient (Wildman–Crippen LogP) is -1.41. The van der Waals surface area contributed by atoms with E-state index in [2.05, 4.69) is 22.5 Å². The highest BCUT2D eigenvalue weighted by molar-refractivity contribution is 9.11. The van der Waals surface area contributed by atoms with Gasteiger partial charge in [-0.3, -0.25) is 0 Å². The third-order valence-corrected chi connectivity index (χ3v) is 1.45. The van der Waals surface area contributed by atoms with Crippen LogP contribution in [0, 0.1) is 0 Å². The largest absolute Gasteiger partial charge is 1.00 e. The van der Waals surface area contributed by atoms with Crippen molar-refractivity contribution in [2.75, 3.05) is 0 Å². The van der Waals surface area contributed by atoms with E-state index in [-0.39, 0.29) is 18.2 Å². The summed E-state index contributed by atoms with van der Waals surface area (Å²) in [6.07, 6.45) is 3.51. The highest BCUT2D eigenvalue weighted by Gasteiger charge is 2.00. The zero-order valence-electron chi connectivity index (χ0n) is 6.37. The SMILES string of the molecule is C=C(Br)C[n+]1cccc(O)c1.[Cl-]. The van der Waals surface area contributed by atoms with E-state index in [1.54, 1.807) is 18.3 Å². The van der Waals surface area contributed by atoms with Crippen LogP contribution in [0.4, 0.5) is 0 Å². The number of halogens is 2. The number of aromatic nitrogens is 1. The minimum absolute atomic E-state index is 0. The summed E-state index contributed by atoms with van der Waals surface area (Å²) < 4.78 is 2.72. The summed E-state index contributed by atoms with van der Waals surface area (Å²) >= 11 is 3.24. The fraction of sp³-hybridized carbons (Fsp3) is 0.125. The molecule has 1 aromatic rings. The van der Waals surface area contributed by atoms with E-state index < -0.39 is 0 Å². The molecule has 4 heteroatoms. The highest BCUT2D eigenvalue weighted by atomic mass is 79.9.